The molecule has 0 bridgehead atoms. The number of ether oxygens (including phenoxy) is 1. The predicted molar refractivity (Wildman–Crippen MR) is 81.1 cm³/mol. The molecule has 0 saturated heterocycles. The molecule has 1 aromatic rings. The fourth-order valence-electron chi connectivity index (χ4n) is 3.85. The van der Waals surface area contributed by atoms with E-state index < -0.39 is 28.3 Å². The second-order valence-corrected chi connectivity index (χ2v) is 6.74. The minimum atomic E-state index is -0.906. The van der Waals surface area contributed by atoms with Crippen LogP contribution in [0.1, 0.15) is 36.7 Å². The smallest absolute Gasteiger partial charge is 0.229 e. The summed E-state index contributed by atoms with van der Waals surface area (Å²) in [4.78, 5) is 37.4. The SMILES string of the molecule is COc1ccc2c(c1)[C@]1(C)C=CC(=O)C(C)(C)[C@H]1C(=O)C2=O. The van der Waals surface area contributed by atoms with E-state index in [1.807, 2.05) is 6.92 Å². The van der Waals surface area contributed by atoms with Gasteiger partial charge in [-0.05, 0) is 29.8 Å². The van der Waals surface area contributed by atoms with Crippen LogP contribution < -0.4 is 4.74 Å². The Morgan fingerprint density at radius 1 is 1.09 bits per heavy atom. The van der Waals surface area contributed by atoms with Crippen LogP contribution in [0.25, 0.3) is 0 Å². The van der Waals surface area contributed by atoms with Gasteiger partial charge in [-0.15, -0.1) is 0 Å². The second kappa shape index (κ2) is 4.38. The van der Waals surface area contributed by atoms with Gasteiger partial charge in [0, 0.05) is 16.4 Å². The Morgan fingerprint density at radius 2 is 1.77 bits per heavy atom. The molecule has 0 heterocycles. The Kier molecular flexibility index (Phi) is 2.93. The number of allylic oxidation sites excluding steroid dienone is 2. The first kappa shape index (κ1) is 14.7. The number of ketones is 3. The zero-order valence-electron chi connectivity index (χ0n) is 13.1. The summed E-state index contributed by atoms with van der Waals surface area (Å²) in [6.07, 6.45) is 3.29. The molecule has 2 aliphatic rings. The molecule has 22 heavy (non-hydrogen) atoms. The maximum Gasteiger partial charge on any atom is 0.229 e. The monoisotopic (exact) mass is 298 g/mol. The fraction of sp³-hybridized carbons (Fsp3) is 0.389. The zero-order chi connectivity index (χ0) is 16.3. The Hall–Kier alpha value is -2.23. The third kappa shape index (κ3) is 1.67. The molecule has 0 amide bonds. The van der Waals surface area contributed by atoms with Gasteiger partial charge in [-0.25, -0.2) is 0 Å². The van der Waals surface area contributed by atoms with Crippen molar-refractivity contribution in [2.45, 2.75) is 26.2 Å². The number of hydrogen-bond donors (Lipinski definition) is 0. The summed E-state index contributed by atoms with van der Waals surface area (Å²) in [7, 11) is 1.56. The van der Waals surface area contributed by atoms with E-state index in [2.05, 4.69) is 0 Å². The third-order valence-electron chi connectivity index (χ3n) is 5.08. The first-order valence-electron chi connectivity index (χ1n) is 7.24. The lowest BCUT2D eigenvalue weighted by atomic mass is 9.52. The quantitative estimate of drug-likeness (QED) is 0.747. The van der Waals surface area contributed by atoms with Gasteiger partial charge in [0.05, 0.1) is 13.0 Å². The molecule has 0 spiro atoms. The highest BCUT2D eigenvalue weighted by atomic mass is 16.5. The first-order valence-corrected chi connectivity index (χ1v) is 7.24. The van der Waals surface area contributed by atoms with Crippen LogP contribution in [-0.4, -0.2) is 24.5 Å². The number of rotatable bonds is 1. The number of carbonyl (C=O) groups is 3. The average Bonchev–Trinajstić information content (AvgIpc) is 2.48. The highest BCUT2D eigenvalue weighted by Gasteiger charge is 2.57. The molecule has 2 atom stereocenters. The van der Waals surface area contributed by atoms with Gasteiger partial charge in [0.25, 0.3) is 0 Å². The van der Waals surface area contributed by atoms with Crippen LogP contribution in [-0.2, 0) is 15.0 Å². The number of methoxy groups -OCH3 is 1. The molecule has 4 nitrogen and oxygen atoms in total. The molecule has 0 saturated carbocycles. The van der Waals surface area contributed by atoms with Gasteiger partial charge in [0.2, 0.25) is 11.6 Å². The number of fused-ring (bicyclic) bond motifs is 3. The van der Waals surface area contributed by atoms with E-state index in [0.29, 0.717) is 11.3 Å². The van der Waals surface area contributed by atoms with Gasteiger partial charge in [-0.1, -0.05) is 26.8 Å². The van der Waals surface area contributed by atoms with Crippen LogP contribution in [0.3, 0.4) is 0 Å². The van der Waals surface area contributed by atoms with Crippen molar-refractivity contribution in [3.63, 3.8) is 0 Å². The lowest BCUT2D eigenvalue weighted by Crippen LogP contribution is -2.55. The van der Waals surface area contributed by atoms with E-state index in [1.165, 1.54) is 6.08 Å². The molecule has 0 radical (unpaired) electrons. The molecule has 0 aliphatic heterocycles. The van der Waals surface area contributed by atoms with Crippen molar-refractivity contribution in [2.75, 3.05) is 7.11 Å². The maximum atomic E-state index is 12.7. The highest BCUT2D eigenvalue weighted by molar-refractivity contribution is 6.46. The normalized spacial score (nSPS) is 29.1. The molecule has 2 aliphatic carbocycles. The molecule has 1 aromatic carbocycles. The molecule has 0 fully saturated rings. The molecular weight excluding hydrogens is 280 g/mol. The largest absolute Gasteiger partial charge is 0.497 e. The van der Waals surface area contributed by atoms with E-state index in [1.54, 1.807) is 45.2 Å². The Bertz CT molecular complexity index is 741. The van der Waals surface area contributed by atoms with Crippen molar-refractivity contribution in [2.24, 2.45) is 11.3 Å². The van der Waals surface area contributed by atoms with Crippen LogP contribution in [0.15, 0.2) is 30.4 Å². The predicted octanol–water partition coefficient (Wildman–Crippen LogP) is 2.50. The van der Waals surface area contributed by atoms with Crippen LogP contribution in [0.4, 0.5) is 0 Å². The van der Waals surface area contributed by atoms with Gasteiger partial charge in [-0.2, -0.15) is 0 Å². The van der Waals surface area contributed by atoms with Crippen LogP contribution in [0.5, 0.6) is 5.75 Å². The van der Waals surface area contributed by atoms with Crippen molar-refractivity contribution < 1.29 is 19.1 Å². The maximum absolute atomic E-state index is 12.7. The van der Waals surface area contributed by atoms with Crippen molar-refractivity contribution in [1.82, 2.24) is 0 Å². The van der Waals surface area contributed by atoms with Gasteiger partial charge < -0.3 is 4.74 Å². The Morgan fingerprint density at radius 3 is 2.41 bits per heavy atom. The number of Topliss-reactive ketones (excluding diaryl/α,β-unsaturated/α-hetero) is 2. The Balaban J connectivity index is 2.34. The summed E-state index contributed by atoms with van der Waals surface area (Å²) < 4.78 is 5.25. The van der Waals surface area contributed by atoms with Crippen LogP contribution >= 0.6 is 0 Å². The molecule has 0 N–H and O–H groups in total. The van der Waals surface area contributed by atoms with E-state index in [0.717, 1.165) is 5.56 Å². The molecule has 114 valence electrons. The summed E-state index contributed by atoms with van der Waals surface area (Å²) in [5.41, 5.74) is -0.443. The van der Waals surface area contributed by atoms with Gasteiger partial charge in [0.15, 0.2) is 5.78 Å². The lowest BCUT2D eigenvalue weighted by molar-refractivity contribution is -0.136. The lowest BCUT2D eigenvalue weighted by Gasteiger charge is -2.48. The summed E-state index contributed by atoms with van der Waals surface area (Å²) in [5.74, 6) is -1.18. The summed E-state index contributed by atoms with van der Waals surface area (Å²) in [5, 5.41) is 0. The van der Waals surface area contributed by atoms with Crippen LogP contribution in [0.2, 0.25) is 0 Å². The zero-order valence-corrected chi connectivity index (χ0v) is 13.1. The number of benzene rings is 1. The summed E-state index contributed by atoms with van der Waals surface area (Å²) in [6.45, 7) is 5.38. The molecule has 3 rings (SSSR count). The standard InChI is InChI=1S/C18H18O4/c1-17(2)13(19)7-8-18(3)12-9-10(22-4)5-6-11(12)14(20)15(21)16(17)18/h5-9,16H,1-4H3/t16-,18+/m1/s1. The van der Waals surface area contributed by atoms with E-state index in [-0.39, 0.29) is 5.78 Å². The fourth-order valence-corrected chi connectivity index (χ4v) is 3.85. The minimum absolute atomic E-state index is 0.123. The number of hydrogen-bond acceptors (Lipinski definition) is 4. The minimum Gasteiger partial charge on any atom is -0.497 e. The molecule has 4 heteroatoms. The first-order chi connectivity index (χ1) is 10.2. The van der Waals surface area contributed by atoms with Crippen molar-refractivity contribution >= 4 is 17.3 Å². The summed E-state index contributed by atoms with van der Waals surface area (Å²) >= 11 is 0. The van der Waals surface area contributed by atoms with E-state index in [9.17, 15) is 14.4 Å². The van der Waals surface area contributed by atoms with Gasteiger partial charge in [-0.3, -0.25) is 14.4 Å². The molecule has 0 unspecified atom stereocenters. The van der Waals surface area contributed by atoms with Crippen molar-refractivity contribution in [1.29, 1.82) is 0 Å². The highest BCUT2D eigenvalue weighted by Crippen LogP contribution is 2.52. The van der Waals surface area contributed by atoms with E-state index >= 15 is 0 Å². The Labute approximate surface area is 129 Å². The van der Waals surface area contributed by atoms with E-state index in [4.69, 9.17) is 4.74 Å². The summed E-state index contributed by atoms with van der Waals surface area (Å²) in [6, 6.07) is 5.10. The van der Waals surface area contributed by atoms with Crippen LogP contribution in [0, 0.1) is 11.3 Å². The average molecular weight is 298 g/mol. The molecule has 0 aromatic heterocycles. The third-order valence-corrected chi connectivity index (χ3v) is 5.08. The second-order valence-electron chi connectivity index (χ2n) is 6.74. The molecular formula is C18H18O4. The topological polar surface area (TPSA) is 60.4 Å². The van der Waals surface area contributed by atoms with Gasteiger partial charge in [0.1, 0.15) is 5.75 Å². The van der Waals surface area contributed by atoms with Crippen molar-refractivity contribution in [3.05, 3.63) is 41.5 Å². The number of carbonyl (C=O) groups excluding carboxylic acids is 3. The van der Waals surface area contributed by atoms with Gasteiger partial charge >= 0.3 is 0 Å². The van der Waals surface area contributed by atoms with Crippen molar-refractivity contribution in [3.8, 4) is 5.75 Å².